The molecule has 0 aliphatic heterocycles. The summed E-state index contributed by atoms with van der Waals surface area (Å²) in [7, 11) is 0. The Morgan fingerprint density at radius 1 is 1.47 bits per heavy atom. The largest absolute Gasteiger partial charge is 0.422 e. The molecule has 15 heavy (non-hydrogen) atoms. The summed E-state index contributed by atoms with van der Waals surface area (Å²) in [5.74, 6) is 0.210. The summed E-state index contributed by atoms with van der Waals surface area (Å²) in [5.41, 5.74) is 0.576. The molecule has 0 fully saturated rings. The maximum Gasteiger partial charge on any atom is 0.344 e. The zero-order valence-corrected chi connectivity index (χ0v) is 10.5. The van der Waals surface area contributed by atoms with Gasteiger partial charge >= 0.3 is 5.97 Å². The van der Waals surface area contributed by atoms with E-state index in [0.717, 1.165) is 3.57 Å². The van der Waals surface area contributed by atoms with Gasteiger partial charge in [0.1, 0.15) is 5.75 Å². The van der Waals surface area contributed by atoms with Crippen LogP contribution in [0.5, 0.6) is 5.75 Å². The standard InChI is InChI=1S/C10H6INO2S/c11-8-5-12-3-1-9(8)14-10(13)7-2-4-15-6-7/h1-6H. The first kappa shape index (κ1) is 10.6. The number of thiophene rings is 1. The molecule has 0 radical (unpaired) electrons. The van der Waals surface area contributed by atoms with E-state index in [0.29, 0.717) is 11.3 Å². The molecule has 0 bridgehead atoms. The SMILES string of the molecule is O=C(Oc1ccncc1I)c1ccsc1. The highest BCUT2D eigenvalue weighted by molar-refractivity contribution is 14.1. The highest BCUT2D eigenvalue weighted by atomic mass is 127. The lowest BCUT2D eigenvalue weighted by atomic mass is 10.3. The third-order valence-electron chi connectivity index (χ3n) is 1.69. The number of hydrogen-bond donors (Lipinski definition) is 0. The van der Waals surface area contributed by atoms with Crippen molar-refractivity contribution in [3.05, 3.63) is 44.4 Å². The molecule has 3 nitrogen and oxygen atoms in total. The molecule has 0 aliphatic carbocycles. The van der Waals surface area contributed by atoms with Crippen LogP contribution in [0.4, 0.5) is 0 Å². The Kier molecular flexibility index (Phi) is 3.32. The molecule has 0 unspecified atom stereocenters. The summed E-state index contributed by atoms with van der Waals surface area (Å²) in [6, 6.07) is 3.41. The van der Waals surface area contributed by atoms with Crippen molar-refractivity contribution in [3.63, 3.8) is 0 Å². The van der Waals surface area contributed by atoms with Crippen molar-refractivity contribution in [1.82, 2.24) is 4.98 Å². The maximum absolute atomic E-state index is 11.6. The third kappa shape index (κ3) is 2.54. The number of carbonyl (C=O) groups is 1. The summed E-state index contributed by atoms with van der Waals surface area (Å²) in [6.07, 6.45) is 3.25. The molecule has 2 aromatic rings. The van der Waals surface area contributed by atoms with Gasteiger partial charge in [-0.3, -0.25) is 4.98 Å². The number of pyridine rings is 1. The zero-order chi connectivity index (χ0) is 10.7. The van der Waals surface area contributed by atoms with Gasteiger partial charge in [0.25, 0.3) is 0 Å². The van der Waals surface area contributed by atoms with Crippen molar-refractivity contribution in [2.24, 2.45) is 0 Å². The van der Waals surface area contributed by atoms with Crippen molar-refractivity contribution in [3.8, 4) is 5.75 Å². The zero-order valence-electron chi connectivity index (χ0n) is 7.51. The highest BCUT2D eigenvalue weighted by Crippen LogP contribution is 2.20. The molecule has 0 saturated carbocycles. The lowest BCUT2D eigenvalue weighted by molar-refractivity contribution is 0.0734. The fraction of sp³-hybridized carbons (Fsp3) is 0. The summed E-state index contributed by atoms with van der Waals surface area (Å²) in [4.78, 5) is 15.5. The summed E-state index contributed by atoms with van der Waals surface area (Å²) < 4.78 is 6.03. The average molecular weight is 331 g/mol. The molecule has 0 atom stereocenters. The van der Waals surface area contributed by atoms with Crippen molar-refractivity contribution in [2.75, 3.05) is 0 Å². The number of halogens is 1. The number of carbonyl (C=O) groups excluding carboxylic acids is 1. The van der Waals surface area contributed by atoms with Crippen molar-refractivity contribution in [2.45, 2.75) is 0 Å². The van der Waals surface area contributed by atoms with Crippen molar-refractivity contribution >= 4 is 39.9 Å². The van der Waals surface area contributed by atoms with Crippen LogP contribution in [0, 0.1) is 3.57 Å². The molecular weight excluding hydrogens is 325 g/mol. The van der Waals surface area contributed by atoms with Gasteiger partial charge in [-0.2, -0.15) is 11.3 Å². The van der Waals surface area contributed by atoms with Gasteiger partial charge in [-0.25, -0.2) is 4.79 Å². The van der Waals surface area contributed by atoms with Gasteiger partial charge in [-0.1, -0.05) is 0 Å². The van der Waals surface area contributed by atoms with Crippen LogP contribution in [0.1, 0.15) is 10.4 Å². The first-order valence-corrected chi connectivity index (χ1v) is 6.13. The third-order valence-corrected chi connectivity index (χ3v) is 3.19. The fourth-order valence-electron chi connectivity index (χ4n) is 0.985. The lowest BCUT2D eigenvalue weighted by Gasteiger charge is -2.03. The summed E-state index contributed by atoms with van der Waals surface area (Å²) in [6.45, 7) is 0. The molecule has 0 spiro atoms. The minimum atomic E-state index is -0.333. The topological polar surface area (TPSA) is 39.2 Å². The second-order valence-electron chi connectivity index (χ2n) is 2.71. The van der Waals surface area contributed by atoms with Gasteiger partial charge in [-0.15, -0.1) is 0 Å². The van der Waals surface area contributed by atoms with E-state index in [4.69, 9.17) is 4.74 Å². The monoisotopic (exact) mass is 331 g/mol. The highest BCUT2D eigenvalue weighted by Gasteiger charge is 2.10. The predicted octanol–water partition coefficient (Wildman–Crippen LogP) is 2.97. The Balaban J connectivity index is 2.17. The van der Waals surface area contributed by atoms with Crippen molar-refractivity contribution in [1.29, 1.82) is 0 Å². The van der Waals surface area contributed by atoms with Gasteiger partial charge in [0.05, 0.1) is 9.13 Å². The summed E-state index contributed by atoms with van der Waals surface area (Å²) >= 11 is 3.54. The molecular formula is C10H6INO2S. The molecule has 76 valence electrons. The van der Waals surface area contributed by atoms with Crippen LogP contribution in [0.15, 0.2) is 35.3 Å². The smallest absolute Gasteiger partial charge is 0.344 e. The first-order chi connectivity index (χ1) is 7.27. The number of aromatic nitrogens is 1. The number of esters is 1. The molecule has 0 amide bonds. The molecule has 5 heteroatoms. The van der Waals surface area contributed by atoms with E-state index in [-0.39, 0.29) is 5.97 Å². The Morgan fingerprint density at radius 2 is 2.33 bits per heavy atom. The van der Waals surface area contributed by atoms with Crippen LogP contribution in [0.25, 0.3) is 0 Å². The van der Waals surface area contributed by atoms with Gasteiger partial charge in [0, 0.05) is 23.8 Å². The average Bonchev–Trinajstić information content (AvgIpc) is 2.74. The van der Waals surface area contributed by atoms with Gasteiger partial charge in [0.2, 0.25) is 0 Å². The van der Waals surface area contributed by atoms with Crippen LogP contribution in [0.3, 0.4) is 0 Å². The second-order valence-corrected chi connectivity index (χ2v) is 4.65. The molecule has 0 saturated heterocycles. The first-order valence-electron chi connectivity index (χ1n) is 4.11. The van der Waals surface area contributed by atoms with E-state index in [9.17, 15) is 4.79 Å². The molecule has 2 rings (SSSR count). The number of rotatable bonds is 2. The van der Waals surface area contributed by atoms with E-state index in [1.165, 1.54) is 11.3 Å². The Bertz CT molecular complexity index is 470. The lowest BCUT2D eigenvalue weighted by Crippen LogP contribution is -2.08. The van der Waals surface area contributed by atoms with Gasteiger partial charge < -0.3 is 4.74 Å². The predicted molar refractivity (Wildman–Crippen MR) is 66.2 cm³/mol. The van der Waals surface area contributed by atoms with Crippen LogP contribution in [-0.2, 0) is 0 Å². The van der Waals surface area contributed by atoms with E-state index >= 15 is 0 Å². The minimum absolute atomic E-state index is 0.333. The quantitative estimate of drug-likeness (QED) is 0.627. The fourth-order valence-corrected chi connectivity index (χ4v) is 2.06. The second kappa shape index (κ2) is 4.71. The normalized spacial score (nSPS) is 9.93. The molecule has 2 aromatic heterocycles. The van der Waals surface area contributed by atoms with Crippen molar-refractivity contribution < 1.29 is 9.53 Å². The van der Waals surface area contributed by atoms with Crippen LogP contribution >= 0.6 is 33.9 Å². The van der Waals surface area contributed by atoms with E-state index in [1.807, 2.05) is 5.38 Å². The molecule has 0 N–H and O–H groups in total. The van der Waals surface area contributed by atoms with E-state index < -0.39 is 0 Å². The van der Waals surface area contributed by atoms with Crippen LogP contribution < -0.4 is 4.74 Å². The molecule has 0 aromatic carbocycles. The summed E-state index contributed by atoms with van der Waals surface area (Å²) in [5, 5.41) is 3.60. The van der Waals surface area contributed by atoms with Gasteiger partial charge in [0.15, 0.2) is 0 Å². The van der Waals surface area contributed by atoms with E-state index in [1.54, 1.807) is 29.9 Å². The Labute approximate surface area is 104 Å². The number of hydrogen-bond acceptors (Lipinski definition) is 4. The van der Waals surface area contributed by atoms with E-state index in [2.05, 4.69) is 27.6 Å². The Morgan fingerprint density at radius 3 is 3.00 bits per heavy atom. The van der Waals surface area contributed by atoms with Crippen LogP contribution in [-0.4, -0.2) is 11.0 Å². The molecule has 0 aliphatic rings. The van der Waals surface area contributed by atoms with Gasteiger partial charge in [-0.05, 0) is 34.0 Å². The van der Waals surface area contributed by atoms with Crippen LogP contribution in [0.2, 0.25) is 0 Å². The minimum Gasteiger partial charge on any atom is -0.422 e. The molecule has 2 heterocycles. The Hall–Kier alpha value is -0.950. The number of nitrogens with zero attached hydrogens (tertiary/aromatic N) is 1. The number of ether oxygens (including phenoxy) is 1. The maximum atomic E-state index is 11.6.